The minimum absolute atomic E-state index is 0.158. The van der Waals surface area contributed by atoms with Crippen LogP contribution in [0.3, 0.4) is 0 Å². The Morgan fingerprint density at radius 1 is 1.03 bits per heavy atom. The SMILES string of the molecule is Cc1cccc(CSCCNC(=O)C2CCN(Cc3cccc4ccccc34)CC2)c1. The normalized spacial score (nSPS) is 15.3. The van der Waals surface area contributed by atoms with Gasteiger partial charge < -0.3 is 5.32 Å². The number of hydrogen-bond acceptors (Lipinski definition) is 3. The number of fused-ring (bicyclic) bond motifs is 1. The van der Waals surface area contributed by atoms with Crippen LogP contribution in [0, 0.1) is 12.8 Å². The van der Waals surface area contributed by atoms with Gasteiger partial charge in [0.2, 0.25) is 5.91 Å². The first-order valence-electron chi connectivity index (χ1n) is 11.3. The predicted molar refractivity (Wildman–Crippen MR) is 132 cm³/mol. The number of thioether (sulfide) groups is 1. The Balaban J connectivity index is 1.17. The molecule has 0 aromatic heterocycles. The number of carbonyl (C=O) groups is 1. The van der Waals surface area contributed by atoms with E-state index in [9.17, 15) is 4.79 Å². The number of aryl methyl sites for hydroxylation is 1. The Morgan fingerprint density at radius 2 is 1.81 bits per heavy atom. The number of carbonyl (C=O) groups excluding carboxylic acids is 1. The summed E-state index contributed by atoms with van der Waals surface area (Å²) in [5, 5.41) is 5.80. The second-order valence-electron chi connectivity index (χ2n) is 8.52. The molecule has 1 amide bonds. The number of nitrogens with one attached hydrogen (secondary N) is 1. The Kier molecular flexibility index (Phi) is 7.66. The summed E-state index contributed by atoms with van der Waals surface area (Å²) in [6.45, 7) is 5.82. The van der Waals surface area contributed by atoms with Gasteiger partial charge in [0.05, 0.1) is 0 Å². The van der Waals surface area contributed by atoms with Crippen molar-refractivity contribution in [3.8, 4) is 0 Å². The molecule has 31 heavy (non-hydrogen) atoms. The van der Waals surface area contributed by atoms with Gasteiger partial charge in [0.25, 0.3) is 0 Å². The number of benzene rings is 3. The van der Waals surface area contributed by atoms with Gasteiger partial charge in [0, 0.05) is 30.5 Å². The van der Waals surface area contributed by atoms with Crippen LogP contribution in [0.2, 0.25) is 0 Å². The summed E-state index contributed by atoms with van der Waals surface area (Å²) in [4.78, 5) is 15.1. The van der Waals surface area contributed by atoms with Gasteiger partial charge in [0.1, 0.15) is 0 Å². The molecule has 1 fully saturated rings. The second kappa shape index (κ2) is 10.8. The largest absolute Gasteiger partial charge is 0.355 e. The summed E-state index contributed by atoms with van der Waals surface area (Å²) >= 11 is 1.88. The summed E-state index contributed by atoms with van der Waals surface area (Å²) < 4.78 is 0. The fraction of sp³-hybridized carbons (Fsp3) is 0.370. The zero-order valence-electron chi connectivity index (χ0n) is 18.3. The standard InChI is InChI=1S/C27H32N2OS/c1-21-6-4-7-22(18-21)20-31-17-14-28-27(30)24-12-15-29(16-13-24)19-25-10-5-9-23-8-2-3-11-26(23)25/h2-11,18,24H,12-17,19-20H2,1H3,(H,28,30). The summed E-state index contributed by atoms with van der Waals surface area (Å²) in [5.41, 5.74) is 4.04. The molecule has 3 aromatic rings. The van der Waals surface area contributed by atoms with E-state index in [2.05, 4.69) is 83.9 Å². The highest BCUT2D eigenvalue weighted by Crippen LogP contribution is 2.23. The molecule has 1 saturated heterocycles. The van der Waals surface area contributed by atoms with Crippen LogP contribution in [0.15, 0.2) is 66.7 Å². The van der Waals surface area contributed by atoms with Crippen LogP contribution in [0.5, 0.6) is 0 Å². The fourth-order valence-corrected chi connectivity index (χ4v) is 5.21. The van der Waals surface area contributed by atoms with E-state index in [1.165, 1.54) is 27.5 Å². The lowest BCUT2D eigenvalue weighted by molar-refractivity contribution is -0.126. The lowest BCUT2D eigenvalue weighted by Gasteiger charge is -2.31. The summed E-state index contributed by atoms with van der Waals surface area (Å²) in [7, 11) is 0. The molecule has 0 unspecified atom stereocenters. The molecule has 0 radical (unpaired) electrons. The number of piperidine rings is 1. The van der Waals surface area contributed by atoms with Crippen molar-refractivity contribution in [3.63, 3.8) is 0 Å². The molecule has 0 saturated carbocycles. The molecular formula is C27H32N2OS. The number of likely N-dealkylation sites (tertiary alicyclic amines) is 1. The first-order chi connectivity index (χ1) is 15.2. The third-order valence-corrected chi connectivity index (χ3v) is 7.16. The highest BCUT2D eigenvalue weighted by atomic mass is 32.2. The lowest BCUT2D eigenvalue weighted by atomic mass is 9.95. The van der Waals surface area contributed by atoms with E-state index in [0.29, 0.717) is 0 Å². The molecule has 1 aliphatic rings. The number of amides is 1. The van der Waals surface area contributed by atoms with Crippen molar-refractivity contribution in [3.05, 3.63) is 83.4 Å². The molecule has 3 aromatic carbocycles. The van der Waals surface area contributed by atoms with E-state index in [-0.39, 0.29) is 11.8 Å². The highest BCUT2D eigenvalue weighted by molar-refractivity contribution is 7.98. The smallest absolute Gasteiger partial charge is 0.223 e. The topological polar surface area (TPSA) is 32.3 Å². The van der Waals surface area contributed by atoms with Crippen LogP contribution in [0.1, 0.15) is 29.5 Å². The van der Waals surface area contributed by atoms with Crippen molar-refractivity contribution in [1.29, 1.82) is 0 Å². The van der Waals surface area contributed by atoms with Crippen LogP contribution >= 0.6 is 11.8 Å². The lowest BCUT2D eigenvalue weighted by Crippen LogP contribution is -2.40. The average molecular weight is 433 g/mol. The number of rotatable bonds is 8. The minimum atomic E-state index is 0.158. The Bertz CT molecular complexity index is 1010. The van der Waals surface area contributed by atoms with Crippen LogP contribution in [-0.4, -0.2) is 36.2 Å². The van der Waals surface area contributed by atoms with E-state index >= 15 is 0 Å². The average Bonchev–Trinajstić information content (AvgIpc) is 2.79. The monoisotopic (exact) mass is 432 g/mol. The van der Waals surface area contributed by atoms with E-state index in [1.54, 1.807) is 0 Å². The molecule has 162 valence electrons. The highest BCUT2D eigenvalue weighted by Gasteiger charge is 2.24. The first-order valence-corrected chi connectivity index (χ1v) is 12.4. The van der Waals surface area contributed by atoms with Crippen molar-refractivity contribution < 1.29 is 4.79 Å². The predicted octanol–water partition coefficient (Wildman–Crippen LogP) is 5.41. The van der Waals surface area contributed by atoms with Crippen molar-refractivity contribution in [1.82, 2.24) is 10.2 Å². The molecule has 4 heteroatoms. The van der Waals surface area contributed by atoms with Crippen LogP contribution in [0.25, 0.3) is 10.8 Å². The van der Waals surface area contributed by atoms with Crippen LogP contribution in [0.4, 0.5) is 0 Å². The Morgan fingerprint density at radius 3 is 2.65 bits per heavy atom. The quantitative estimate of drug-likeness (QED) is 0.483. The van der Waals surface area contributed by atoms with Crippen molar-refractivity contribution >= 4 is 28.4 Å². The van der Waals surface area contributed by atoms with Gasteiger partial charge in [-0.05, 0) is 54.8 Å². The summed E-state index contributed by atoms with van der Waals surface area (Å²) in [6, 6.07) is 23.8. The molecule has 0 bridgehead atoms. The number of hydrogen-bond donors (Lipinski definition) is 1. The van der Waals surface area contributed by atoms with Gasteiger partial charge in [-0.1, -0.05) is 72.3 Å². The molecule has 0 atom stereocenters. The third-order valence-electron chi connectivity index (χ3n) is 6.13. The molecule has 1 heterocycles. The van der Waals surface area contributed by atoms with Gasteiger partial charge >= 0.3 is 0 Å². The molecular weight excluding hydrogens is 400 g/mol. The minimum Gasteiger partial charge on any atom is -0.355 e. The molecule has 0 aliphatic carbocycles. The second-order valence-corrected chi connectivity index (χ2v) is 9.63. The van der Waals surface area contributed by atoms with E-state index in [1.807, 2.05) is 11.8 Å². The molecule has 1 aliphatic heterocycles. The van der Waals surface area contributed by atoms with Crippen molar-refractivity contribution in [2.24, 2.45) is 5.92 Å². The molecule has 0 spiro atoms. The zero-order valence-corrected chi connectivity index (χ0v) is 19.2. The Hall–Kier alpha value is -2.30. The van der Waals surface area contributed by atoms with Gasteiger partial charge in [-0.25, -0.2) is 0 Å². The van der Waals surface area contributed by atoms with Crippen LogP contribution in [-0.2, 0) is 17.1 Å². The van der Waals surface area contributed by atoms with E-state index in [4.69, 9.17) is 0 Å². The van der Waals surface area contributed by atoms with Crippen LogP contribution < -0.4 is 5.32 Å². The zero-order chi connectivity index (χ0) is 21.5. The fourth-order valence-electron chi connectivity index (χ4n) is 4.41. The maximum atomic E-state index is 12.6. The van der Waals surface area contributed by atoms with Gasteiger partial charge in [-0.15, -0.1) is 0 Å². The van der Waals surface area contributed by atoms with E-state index < -0.39 is 0 Å². The maximum Gasteiger partial charge on any atom is 0.223 e. The van der Waals surface area contributed by atoms with Gasteiger partial charge in [0.15, 0.2) is 0 Å². The number of nitrogens with zero attached hydrogens (tertiary/aromatic N) is 1. The van der Waals surface area contributed by atoms with Gasteiger partial charge in [-0.3, -0.25) is 9.69 Å². The molecule has 1 N–H and O–H groups in total. The summed E-state index contributed by atoms with van der Waals surface area (Å²) in [5.74, 6) is 2.36. The summed E-state index contributed by atoms with van der Waals surface area (Å²) in [6.07, 6.45) is 1.90. The first kappa shape index (κ1) is 21.9. The van der Waals surface area contributed by atoms with Gasteiger partial charge in [-0.2, -0.15) is 11.8 Å². The maximum absolute atomic E-state index is 12.6. The Labute approximate surface area is 190 Å². The third kappa shape index (κ3) is 6.11. The van der Waals surface area contributed by atoms with E-state index in [0.717, 1.165) is 50.5 Å². The van der Waals surface area contributed by atoms with Crippen molar-refractivity contribution in [2.45, 2.75) is 32.1 Å². The van der Waals surface area contributed by atoms with Crippen molar-refractivity contribution in [2.75, 3.05) is 25.4 Å². The molecule has 4 rings (SSSR count). The molecule has 3 nitrogen and oxygen atoms in total.